The van der Waals surface area contributed by atoms with Crippen molar-refractivity contribution in [2.24, 2.45) is 0 Å². The number of nitro benzene ring substituents is 1. The average molecular weight is 324 g/mol. The molecule has 0 aliphatic heterocycles. The molecule has 0 spiro atoms. The van der Waals surface area contributed by atoms with E-state index in [1.807, 2.05) is 0 Å². The van der Waals surface area contributed by atoms with Gasteiger partial charge in [-0.25, -0.2) is 0 Å². The van der Waals surface area contributed by atoms with E-state index < -0.39 is 11.0 Å². The summed E-state index contributed by atoms with van der Waals surface area (Å²) in [4.78, 5) is 12.7. The lowest BCUT2D eigenvalue weighted by molar-refractivity contribution is -0.385. The number of aliphatic hydroxyl groups is 1. The van der Waals surface area contributed by atoms with Crippen LogP contribution in [0.3, 0.4) is 0 Å². The van der Waals surface area contributed by atoms with E-state index in [1.165, 1.54) is 6.07 Å². The molecule has 0 aliphatic rings. The molecule has 0 aliphatic carbocycles. The molecule has 1 N–H and O–H groups in total. The van der Waals surface area contributed by atoms with Crippen molar-refractivity contribution in [2.75, 3.05) is 26.2 Å². The molecule has 0 saturated heterocycles. The molecule has 0 fully saturated rings. The quantitative estimate of drug-likeness (QED) is 0.472. The molecule has 23 heavy (non-hydrogen) atoms. The first-order valence-corrected chi connectivity index (χ1v) is 8.35. The number of rotatable bonds is 12. The molecule has 0 radical (unpaired) electrons. The highest BCUT2D eigenvalue weighted by Crippen LogP contribution is 2.25. The number of aliphatic hydroxyl groups excluding tert-OH is 1. The second kappa shape index (κ2) is 11.0. The van der Waals surface area contributed by atoms with Crippen LogP contribution in [0.25, 0.3) is 0 Å². The summed E-state index contributed by atoms with van der Waals surface area (Å²) in [5.41, 5.74) is -0.0754. The average Bonchev–Trinajstić information content (AvgIpc) is 2.55. The molecule has 0 heterocycles. The van der Waals surface area contributed by atoms with Gasteiger partial charge in [-0.05, 0) is 32.0 Å². The van der Waals surface area contributed by atoms with Crippen LogP contribution in [0.2, 0.25) is 0 Å². The fraction of sp³-hybridized carbons (Fsp3) is 0.647. The molecule has 1 unspecified atom stereocenters. The van der Waals surface area contributed by atoms with Crippen molar-refractivity contribution >= 4 is 5.69 Å². The number of hydrogen-bond acceptors (Lipinski definition) is 5. The Bertz CT molecular complexity index is 460. The summed E-state index contributed by atoms with van der Waals surface area (Å²) in [5.74, 6) is 0.199. The van der Waals surface area contributed by atoms with E-state index in [0.717, 1.165) is 38.8 Å². The van der Waals surface area contributed by atoms with Crippen LogP contribution in [0.5, 0.6) is 5.75 Å². The number of nitrogens with zero attached hydrogens (tertiary/aromatic N) is 2. The van der Waals surface area contributed by atoms with Crippen LogP contribution >= 0.6 is 0 Å². The molecule has 1 aromatic rings. The molecule has 1 rings (SSSR count). The molecule has 0 aromatic heterocycles. The Morgan fingerprint density at radius 1 is 1.22 bits per heavy atom. The second-order valence-electron chi connectivity index (χ2n) is 5.70. The SMILES string of the molecule is CCCCN(CCCC)CC(O)COc1ccccc1[N+](=O)[O-]. The highest BCUT2D eigenvalue weighted by molar-refractivity contribution is 5.45. The van der Waals surface area contributed by atoms with Gasteiger partial charge < -0.3 is 14.7 Å². The van der Waals surface area contributed by atoms with Crippen LogP contribution < -0.4 is 4.74 Å². The predicted octanol–water partition coefficient (Wildman–Crippen LogP) is 3.24. The fourth-order valence-electron chi connectivity index (χ4n) is 2.32. The van der Waals surface area contributed by atoms with E-state index >= 15 is 0 Å². The Hall–Kier alpha value is -1.66. The van der Waals surface area contributed by atoms with Gasteiger partial charge in [-0.3, -0.25) is 10.1 Å². The zero-order valence-corrected chi connectivity index (χ0v) is 14.1. The second-order valence-corrected chi connectivity index (χ2v) is 5.70. The highest BCUT2D eigenvalue weighted by Gasteiger charge is 2.16. The minimum Gasteiger partial charge on any atom is -0.484 e. The number of para-hydroxylation sites is 2. The number of ether oxygens (including phenoxy) is 1. The predicted molar refractivity (Wildman–Crippen MR) is 90.9 cm³/mol. The van der Waals surface area contributed by atoms with Crippen molar-refractivity contribution in [3.8, 4) is 5.75 Å². The third kappa shape index (κ3) is 7.43. The molecular weight excluding hydrogens is 296 g/mol. The normalized spacial score (nSPS) is 12.3. The first-order valence-electron chi connectivity index (χ1n) is 8.35. The number of hydrogen-bond donors (Lipinski definition) is 1. The Balaban J connectivity index is 2.51. The zero-order valence-electron chi connectivity index (χ0n) is 14.1. The van der Waals surface area contributed by atoms with Crippen molar-refractivity contribution in [1.82, 2.24) is 4.90 Å². The summed E-state index contributed by atoms with van der Waals surface area (Å²) in [7, 11) is 0. The van der Waals surface area contributed by atoms with Gasteiger partial charge in [0.2, 0.25) is 0 Å². The van der Waals surface area contributed by atoms with Gasteiger partial charge in [0.05, 0.1) is 4.92 Å². The van der Waals surface area contributed by atoms with Crippen LogP contribution in [0.15, 0.2) is 24.3 Å². The lowest BCUT2D eigenvalue weighted by atomic mass is 10.2. The Labute approximate surface area is 138 Å². The number of nitro groups is 1. The molecule has 0 bridgehead atoms. The molecule has 130 valence electrons. The van der Waals surface area contributed by atoms with Gasteiger partial charge in [0.15, 0.2) is 5.75 Å². The summed E-state index contributed by atoms with van der Waals surface area (Å²) < 4.78 is 5.45. The lowest BCUT2D eigenvalue weighted by Crippen LogP contribution is -2.37. The topological polar surface area (TPSA) is 75.8 Å². The van der Waals surface area contributed by atoms with Crippen LogP contribution in [0, 0.1) is 10.1 Å². The summed E-state index contributed by atoms with van der Waals surface area (Å²) in [6, 6.07) is 6.23. The fourth-order valence-corrected chi connectivity index (χ4v) is 2.32. The maximum atomic E-state index is 10.9. The first kappa shape index (κ1) is 19.4. The van der Waals surface area contributed by atoms with Gasteiger partial charge in [0, 0.05) is 12.6 Å². The third-order valence-electron chi connectivity index (χ3n) is 3.62. The summed E-state index contributed by atoms with van der Waals surface area (Å²) in [6.07, 6.45) is 3.77. The number of unbranched alkanes of at least 4 members (excludes halogenated alkanes) is 2. The van der Waals surface area contributed by atoms with Crippen molar-refractivity contribution < 1.29 is 14.8 Å². The zero-order chi connectivity index (χ0) is 17.1. The number of benzene rings is 1. The highest BCUT2D eigenvalue weighted by atomic mass is 16.6. The van der Waals surface area contributed by atoms with Crippen molar-refractivity contribution in [3.05, 3.63) is 34.4 Å². The van der Waals surface area contributed by atoms with Crippen molar-refractivity contribution in [1.29, 1.82) is 0 Å². The van der Waals surface area contributed by atoms with Gasteiger partial charge >= 0.3 is 5.69 Å². The van der Waals surface area contributed by atoms with Gasteiger partial charge in [0.25, 0.3) is 0 Å². The summed E-state index contributed by atoms with van der Waals surface area (Å²) in [6.45, 7) is 6.79. The van der Waals surface area contributed by atoms with E-state index in [9.17, 15) is 15.2 Å². The third-order valence-corrected chi connectivity index (χ3v) is 3.62. The van der Waals surface area contributed by atoms with Gasteiger partial charge in [-0.2, -0.15) is 0 Å². The van der Waals surface area contributed by atoms with Crippen LogP contribution in [0.4, 0.5) is 5.69 Å². The standard InChI is InChI=1S/C17H28N2O4/c1-3-5-11-18(12-6-4-2)13-15(20)14-23-17-10-8-7-9-16(17)19(21)22/h7-10,15,20H,3-6,11-14H2,1-2H3. The maximum Gasteiger partial charge on any atom is 0.310 e. The van der Waals surface area contributed by atoms with E-state index in [-0.39, 0.29) is 18.0 Å². The summed E-state index contributed by atoms with van der Waals surface area (Å²) >= 11 is 0. The Morgan fingerprint density at radius 2 is 1.83 bits per heavy atom. The first-order chi connectivity index (χ1) is 11.1. The minimum absolute atomic E-state index is 0.0552. The van der Waals surface area contributed by atoms with Crippen molar-refractivity contribution in [3.63, 3.8) is 0 Å². The summed E-state index contributed by atoms with van der Waals surface area (Å²) in [5, 5.41) is 21.1. The van der Waals surface area contributed by atoms with Gasteiger partial charge in [-0.1, -0.05) is 38.8 Å². The van der Waals surface area contributed by atoms with Gasteiger partial charge in [-0.15, -0.1) is 0 Å². The molecular formula is C17H28N2O4. The largest absolute Gasteiger partial charge is 0.484 e. The maximum absolute atomic E-state index is 10.9. The smallest absolute Gasteiger partial charge is 0.310 e. The molecule has 0 saturated carbocycles. The Kier molecular flexibility index (Phi) is 9.24. The molecule has 1 atom stereocenters. The van der Waals surface area contributed by atoms with E-state index in [1.54, 1.807) is 18.2 Å². The molecule has 1 aromatic carbocycles. The lowest BCUT2D eigenvalue weighted by Gasteiger charge is -2.24. The van der Waals surface area contributed by atoms with Crippen LogP contribution in [-0.2, 0) is 0 Å². The van der Waals surface area contributed by atoms with Crippen LogP contribution in [-0.4, -0.2) is 47.3 Å². The molecule has 6 nitrogen and oxygen atoms in total. The molecule has 6 heteroatoms. The van der Waals surface area contributed by atoms with E-state index in [0.29, 0.717) is 6.54 Å². The van der Waals surface area contributed by atoms with Crippen LogP contribution in [0.1, 0.15) is 39.5 Å². The Morgan fingerprint density at radius 3 is 2.39 bits per heavy atom. The minimum atomic E-state index is -0.663. The monoisotopic (exact) mass is 324 g/mol. The van der Waals surface area contributed by atoms with Crippen molar-refractivity contribution in [2.45, 2.75) is 45.6 Å². The van der Waals surface area contributed by atoms with Gasteiger partial charge in [0.1, 0.15) is 12.7 Å². The van der Waals surface area contributed by atoms with E-state index in [2.05, 4.69) is 18.7 Å². The van der Waals surface area contributed by atoms with E-state index in [4.69, 9.17) is 4.74 Å². The molecule has 0 amide bonds.